The van der Waals surface area contributed by atoms with E-state index in [1.165, 1.54) is 0 Å². The van der Waals surface area contributed by atoms with Crippen LogP contribution in [-0.2, 0) is 5.54 Å². The topological polar surface area (TPSA) is 109 Å². The molecule has 9 heteroatoms. The summed E-state index contributed by atoms with van der Waals surface area (Å²) in [4.78, 5) is 28.7. The van der Waals surface area contributed by atoms with Crippen molar-refractivity contribution in [3.05, 3.63) is 46.5 Å². The third kappa shape index (κ3) is 4.26. The zero-order valence-electron chi connectivity index (χ0n) is 19.5. The highest BCUT2D eigenvalue weighted by molar-refractivity contribution is 5.77. The van der Waals surface area contributed by atoms with Gasteiger partial charge in [0, 0.05) is 18.1 Å². The molecule has 3 heterocycles. The molecule has 0 spiro atoms. The second-order valence-corrected chi connectivity index (χ2v) is 8.84. The van der Waals surface area contributed by atoms with Crippen LogP contribution >= 0.6 is 0 Å². The van der Waals surface area contributed by atoms with Crippen LogP contribution in [0, 0.1) is 17.2 Å². The highest BCUT2D eigenvalue weighted by atomic mass is 16.5. The van der Waals surface area contributed by atoms with E-state index in [1.54, 1.807) is 29.1 Å². The van der Waals surface area contributed by atoms with Gasteiger partial charge in [-0.05, 0) is 57.5 Å². The van der Waals surface area contributed by atoms with Gasteiger partial charge >= 0.3 is 0 Å². The molecular formula is C24H29N7O2. The SMILES string of the molecule is CCC1(n2c(=O)c(C#N)cc3cnc(Nc4ccc(OCCN(C)C)cn4)nc32)CC[C@H]1C. The Morgan fingerprint density at radius 2 is 2.15 bits per heavy atom. The van der Waals surface area contributed by atoms with Gasteiger partial charge in [0.2, 0.25) is 5.95 Å². The molecule has 1 aliphatic carbocycles. The van der Waals surface area contributed by atoms with E-state index in [9.17, 15) is 10.1 Å². The average molecular weight is 448 g/mol. The molecule has 172 valence electrons. The van der Waals surface area contributed by atoms with E-state index in [0.717, 1.165) is 25.8 Å². The van der Waals surface area contributed by atoms with Crippen LogP contribution in [-0.4, -0.2) is 51.7 Å². The minimum atomic E-state index is -0.336. The maximum atomic E-state index is 13.2. The number of nitrogens with one attached hydrogen (secondary N) is 1. The summed E-state index contributed by atoms with van der Waals surface area (Å²) in [6, 6.07) is 7.24. The second kappa shape index (κ2) is 9.16. The van der Waals surface area contributed by atoms with E-state index in [2.05, 4.69) is 34.1 Å². The average Bonchev–Trinajstić information content (AvgIpc) is 2.80. The molecule has 0 radical (unpaired) electrons. The minimum absolute atomic E-state index is 0.116. The predicted molar refractivity (Wildman–Crippen MR) is 127 cm³/mol. The Kier molecular flexibility index (Phi) is 6.29. The van der Waals surface area contributed by atoms with E-state index in [4.69, 9.17) is 4.74 Å². The summed E-state index contributed by atoms with van der Waals surface area (Å²) in [6.45, 7) is 5.63. The Balaban J connectivity index is 1.66. The Bertz CT molecular complexity index is 1240. The van der Waals surface area contributed by atoms with Crippen LogP contribution in [0.4, 0.5) is 11.8 Å². The van der Waals surface area contributed by atoms with Gasteiger partial charge in [-0.3, -0.25) is 9.36 Å². The van der Waals surface area contributed by atoms with Crippen molar-refractivity contribution < 1.29 is 4.74 Å². The first-order chi connectivity index (χ1) is 15.9. The van der Waals surface area contributed by atoms with Gasteiger partial charge in [-0.25, -0.2) is 9.97 Å². The van der Waals surface area contributed by atoms with Crippen LogP contribution in [0.5, 0.6) is 5.75 Å². The lowest BCUT2D eigenvalue weighted by atomic mass is 9.65. The normalized spacial score (nSPS) is 19.8. The largest absolute Gasteiger partial charge is 0.491 e. The van der Waals surface area contributed by atoms with Crippen LogP contribution in [0.3, 0.4) is 0 Å². The summed E-state index contributed by atoms with van der Waals surface area (Å²) in [6.07, 6.45) is 6.02. The monoisotopic (exact) mass is 447 g/mol. The third-order valence-electron chi connectivity index (χ3n) is 6.63. The number of aromatic nitrogens is 4. The zero-order valence-corrected chi connectivity index (χ0v) is 19.5. The summed E-state index contributed by atoms with van der Waals surface area (Å²) in [7, 11) is 3.99. The first-order valence-electron chi connectivity index (χ1n) is 11.2. The molecule has 2 atom stereocenters. The number of likely N-dealkylation sites (N-methyl/N-ethyl adjacent to an activating group) is 1. The summed E-state index contributed by atoms with van der Waals surface area (Å²) < 4.78 is 7.41. The molecule has 0 aliphatic heterocycles. The van der Waals surface area contributed by atoms with Crippen LogP contribution in [0.1, 0.15) is 38.7 Å². The number of fused-ring (bicyclic) bond motifs is 1. The molecule has 4 rings (SSSR count). The van der Waals surface area contributed by atoms with Crippen LogP contribution in [0.15, 0.2) is 35.4 Å². The number of rotatable bonds is 8. The highest BCUT2D eigenvalue weighted by Crippen LogP contribution is 2.47. The Morgan fingerprint density at radius 3 is 2.73 bits per heavy atom. The molecule has 33 heavy (non-hydrogen) atoms. The van der Waals surface area contributed by atoms with Crippen molar-refractivity contribution in [1.82, 2.24) is 24.4 Å². The summed E-state index contributed by atoms with van der Waals surface area (Å²) in [5.41, 5.74) is 0.0247. The number of hydrogen-bond donors (Lipinski definition) is 1. The fourth-order valence-electron chi connectivity index (χ4n) is 4.43. The van der Waals surface area contributed by atoms with Gasteiger partial charge in [0.05, 0.1) is 11.7 Å². The molecule has 3 aromatic heterocycles. The van der Waals surface area contributed by atoms with E-state index in [-0.39, 0.29) is 16.7 Å². The van der Waals surface area contributed by atoms with Crippen molar-refractivity contribution >= 4 is 22.8 Å². The molecule has 3 aromatic rings. The molecule has 0 amide bonds. The fourth-order valence-corrected chi connectivity index (χ4v) is 4.43. The third-order valence-corrected chi connectivity index (χ3v) is 6.63. The maximum Gasteiger partial charge on any atom is 0.270 e. The van der Waals surface area contributed by atoms with Crippen molar-refractivity contribution in [2.24, 2.45) is 5.92 Å². The summed E-state index contributed by atoms with van der Waals surface area (Å²) >= 11 is 0. The second-order valence-electron chi connectivity index (χ2n) is 8.84. The van der Waals surface area contributed by atoms with E-state index >= 15 is 0 Å². The molecule has 1 unspecified atom stereocenters. The Hall–Kier alpha value is -3.51. The quantitative estimate of drug-likeness (QED) is 0.560. The van der Waals surface area contributed by atoms with Gasteiger partial charge in [-0.15, -0.1) is 0 Å². The first kappa shape index (κ1) is 22.7. The zero-order chi connectivity index (χ0) is 23.6. The van der Waals surface area contributed by atoms with E-state index in [0.29, 0.717) is 41.1 Å². The lowest BCUT2D eigenvalue weighted by molar-refractivity contribution is 0.0519. The Morgan fingerprint density at radius 1 is 1.33 bits per heavy atom. The van der Waals surface area contributed by atoms with Crippen molar-refractivity contribution in [2.75, 3.05) is 32.6 Å². The molecule has 1 aliphatic rings. The number of nitriles is 1. The molecule has 1 N–H and O–H groups in total. The first-order valence-corrected chi connectivity index (χ1v) is 11.2. The van der Waals surface area contributed by atoms with E-state index < -0.39 is 0 Å². The van der Waals surface area contributed by atoms with Crippen LogP contribution < -0.4 is 15.6 Å². The molecule has 0 bridgehead atoms. The van der Waals surface area contributed by atoms with Gasteiger partial charge in [-0.2, -0.15) is 10.2 Å². The summed E-state index contributed by atoms with van der Waals surface area (Å²) in [5.74, 6) is 1.92. The lowest BCUT2D eigenvalue weighted by Crippen LogP contribution is -2.52. The number of nitrogens with zero attached hydrogens (tertiary/aromatic N) is 6. The number of anilines is 2. The molecule has 0 aromatic carbocycles. The number of pyridine rings is 2. The number of ether oxygens (including phenoxy) is 1. The Labute approximate surface area is 193 Å². The standard InChI is InChI=1S/C24H29N7O2/c1-5-24(9-8-16(24)2)31-21-18(12-17(13-25)22(31)32)14-27-23(29-21)28-20-7-6-19(15-26-20)33-11-10-30(3)4/h6-7,12,14-16H,5,8-11H2,1-4H3,(H,26,27,28,29)/t16-,24?/m1/s1. The fraction of sp³-hybridized carbons (Fsp3) is 0.458. The van der Waals surface area contributed by atoms with Gasteiger partial charge in [0.15, 0.2) is 0 Å². The molecular weight excluding hydrogens is 418 g/mol. The van der Waals surface area contributed by atoms with Crippen molar-refractivity contribution in [2.45, 2.75) is 38.6 Å². The lowest BCUT2D eigenvalue weighted by Gasteiger charge is -2.49. The van der Waals surface area contributed by atoms with Crippen LogP contribution in [0.25, 0.3) is 11.0 Å². The molecule has 0 saturated heterocycles. The molecule has 1 fully saturated rings. The van der Waals surface area contributed by atoms with Gasteiger partial charge in [0.1, 0.15) is 35.5 Å². The predicted octanol–water partition coefficient (Wildman–Crippen LogP) is 3.28. The molecule has 1 saturated carbocycles. The smallest absolute Gasteiger partial charge is 0.270 e. The van der Waals surface area contributed by atoms with E-state index in [1.807, 2.05) is 31.1 Å². The summed E-state index contributed by atoms with van der Waals surface area (Å²) in [5, 5.41) is 13.3. The number of hydrogen-bond acceptors (Lipinski definition) is 8. The van der Waals surface area contributed by atoms with Crippen LogP contribution in [0.2, 0.25) is 0 Å². The van der Waals surface area contributed by atoms with Gasteiger partial charge < -0.3 is 15.0 Å². The van der Waals surface area contributed by atoms with Crippen molar-refractivity contribution in [3.63, 3.8) is 0 Å². The van der Waals surface area contributed by atoms with Gasteiger partial charge in [0.25, 0.3) is 5.56 Å². The molecule has 9 nitrogen and oxygen atoms in total. The van der Waals surface area contributed by atoms with Crippen molar-refractivity contribution in [3.8, 4) is 11.8 Å². The highest BCUT2D eigenvalue weighted by Gasteiger charge is 2.46. The maximum absolute atomic E-state index is 13.2. The van der Waals surface area contributed by atoms with Crippen molar-refractivity contribution in [1.29, 1.82) is 5.26 Å². The van der Waals surface area contributed by atoms with Gasteiger partial charge in [-0.1, -0.05) is 13.8 Å². The minimum Gasteiger partial charge on any atom is -0.491 e.